The number of guanidine groups is 1. The number of nitrogens with two attached hydrogens (primary N) is 1. The Morgan fingerprint density at radius 2 is 1.95 bits per heavy atom. The van der Waals surface area contributed by atoms with Crippen LogP contribution in [0.5, 0.6) is 11.5 Å². The Labute approximate surface area is 237 Å². The van der Waals surface area contributed by atoms with E-state index >= 15 is 0 Å². The van der Waals surface area contributed by atoms with E-state index in [-0.39, 0.29) is 42.2 Å². The molecule has 220 valence electrons. The summed E-state index contributed by atoms with van der Waals surface area (Å²) in [5.74, 6) is -0.0997. The molecule has 3 atom stereocenters. The molecule has 0 fully saturated rings. The van der Waals surface area contributed by atoms with Crippen molar-refractivity contribution in [3.63, 3.8) is 0 Å². The fourth-order valence-corrected chi connectivity index (χ4v) is 5.07. The van der Waals surface area contributed by atoms with E-state index in [0.717, 1.165) is 5.56 Å². The second-order valence-corrected chi connectivity index (χ2v) is 9.77. The van der Waals surface area contributed by atoms with Crippen LogP contribution in [-0.4, -0.2) is 47.6 Å². The summed E-state index contributed by atoms with van der Waals surface area (Å²) >= 11 is 0. The lowest BCUT2D eigenvalue weighted by Crippen LogP contribution is -2.46. The molecule has 0 saturated heterocycles. The number of aliphatic imine (C=N–C) groups is 1. The smallest absolute Gasteiger partial charge is 0.425 e. The maximum absolute atomic E-state index is 13.7. The van der Waals surface area contributed by atoms with E-state index in [9.17, 15) is 22.8 Å². The molecule has 2 aromatic carbocycles. The SMILES string of the molecule is CC.CCOc1ccc2cc1CN1C(=O)CC(CC/C=C\c3ccc4c(c3)C(CC(C(F)(F)F)O4)NC2=O)N=C1N. The van der Waals surface area contributed by atoms with E-state index in [2.05, 4.69) is 10.3 Å². The molecule has 0 radical (unpaired) electrons. The van der Waals surface area contributed by atoms with Gasteiger partial charge in [-0.05, 0) is 55.7 Å². The number of carbonyl (C=O) groups is 2. The Morgan fingerprint density at radius 3 is 2.66 bits per heavy atom. The molecule has 0 aliphatic carbocycles. The van der Waals surface area contributed by atoms with Crippen LogP contribution in [-0.2, 0) is 11.3 Å². The minimum atomic E-state index is -4.60. The third-order valence-corrected chi connectivity index (χ3v) is 7.03. The molecule has 3 N–H and O–H groups in total. The number of ether oxygens (including phenoxy) is 2. The number of nitrogens with zero attached hydrogens (tertiary/aromatic N) is 2. The average Bonchev–Trinajstić information content (AvgIpc) is 2.94. The molecule has 0 aromatic heterocycles. The molecule has 6 bridgehead atoms. The summed E-state index contributed by atoms with van der Waals surface area (Å²) in [6, 6.07) is 8.41. The second kappa shape index (κ2) is 12.7. The lowest BCUT2D eigenvalue weighted by molar-refractivity contribution is -0.201. The molecule has 2 amide bonds. The molecular weight excluding hydrogens is 537 g/mol. The van der Waals surface area contributed by atoms with Gasteiger partial charge >= 0.3 is 6.18 Å². The number of halogens is 3. The van der Waals surface area contributed by atoms with Crippen molar-refractivity contribution in [3.8, 4) is 11.5 Å². The third kappa shape index (κ3) is 6.83. The molecule has 0 saturated carbocycles. The Hall–Kier alpha value is -4.02. The first-order valence-corrected chi connectivity index (χ1v) is 13.9. The maximum Gasteiger partial charge on any atom is 0.425 e. The number of allylic oxidation sites excluding steroid dienone is 1. The highest BCUT2D eigenvalue weighted by Gasteiger charge is 2.46. The van der Waals surface area contributed by atoms with Gasteiger partial charge in [-0.15, -0.1) is 0 Å². The Bertz CT molecular complexity index is 1340. The van der Waals surface area contributed by atoms with Gasteiger partial charge < -0.3 is 20.5 Å². The monoisotopic (exact) mass is 572 g/mol. The number of hydrogen-bond acceptors (Lipinski definition) is 6. The van der Waals surface area contributed by atoms with Crippen LogP contribution < -0.4 is 20.5 Å². The van der Waals surface area contributed by atoms with Gasteiger partial charge in [-0.25, -0.2) is 4.99 Å². The van der Waals surface area contributed by atoms with E-state index in [1.165, 1.54) is 17.0 Å². The van der Waals surface area contributed by atoms with Crippen LogP contribution in [0.15, 0.2) is 47.5 Å². The van der Waals surface area contributed by atoms with Gasteiger partial charge in [0.05, 0.1) is 25.2 Å². The van der Waals surface area contributed by atoms with E-state index in [1.807, 2.05) is 32.9 Å². The van der Waals surface area contributed by atoms with Crippen LogP contribution in [0, 0.1) is 0 Å². The zero-order valence-corrected chi connectivity index (χ0v) is 23.3. The minimum absolute atomic E-state index is 0.0385. The van der Waals surface area contributed by atoms with Gasteiger partial charge in [-0.3, -0.25) is 14.5 Å². The normalized spacial score (nSPS) is 23.1. The minimum Gasteiger partial charge on any atom is -0.494 e. The number of hydrogen-bond donors (Lipinski definition) is 2. The summed E-state index contributed by atoms with van der Waals surface area (Å²) in [5.41, 5.74) is 8.14. The topological polar surface area (TPSA) is 106 Å². The highest BCUT2D eigenvalue weighted by Crippen LogP contribution is 2.41. The lowest BCUT2D eigenvalue weighted by atomic mass is 9.93. The zero-order valence-electron chi connectivity index (χ0n) is 23.3. The van der Waals surface area contributed by atoms with Crippen molar-refractivity contribution in [2.45, 2.75) is 77.4 Å². The first-order chi connectivity index (χ1) is 19.6. The number of rotatable bonds is 2. The van der Waals surface area contributed by atoms with Gasteiger partial charge in [0, 0.05) is 29.5 Å². The number of amides is 2. The highest BCUT2D eigenvalue weighted by atomic mass is 19.4. The molecule has 4 aliphatic heterocycles. The number of fused-ring (bicyclic) bond motifs is 4. The van der Waals surface area contributed by atoms with Crippen molar-refractivity contribution in [2.24, 2.45) is 10.7 Å². The van der Waals surface area contributed by atoms with Crippen LogP contribution >= 0.6 is 0 Å². The highest BCUT2D eigenvalue weighted by molar-refractivity contribution is 5.99. The zero-order chi connectivity index (χ0) is 29.7. The molecule has 4 heterocycles. The second-order valence-electron chi connectivity index (χ2n) is 9.77. The van der Waals surface area contributed by atoms with Crippen LogP contribution in [0.25, 0.3) is 6.08 Å². The molecule has 3 unspecified atom stereocenters. The third-order valence-electron chi connectivity index (χ3n) is 7.03. The Balaban J connectivity index is 0.00000189. The van der Waals surface area contributed by atoms with Crippen molar-refractivity contribution < 1.29 is 32.2 Å². The summed E-state index contributed by atoms with van der Waals surface area (Å²) in [4.78, 5) is 32.2. The quantitative estimate of drug-likeness (QED) is 0.493. The van der Waals surface area contributed by atoms with E-state index in [4.69, 9.17) is 15.2 Å². The molecule has 6 rings (SSSR count). The van der Waals surface area contributed by atoms with Crippen molar-refractivity contribution >= 4 is 23.8 Å². The number of carbonyl (C=O) groups excluding carboxylic acids is 2. The van der Waals surface area contributed by atoms with E-state index in [1.54, 1.807) is 24.3 Å². The van der Waals surface area contributed by atoms with Crippen LogP contribution in [0.3, 0.4) is 0 Å². The predicted octanol–water partition coefficient (Wildman–Crippen LogP) is 5.52. The van der Waals surface area contributed by atoms with Gasteiger partial charge in [-0.1, -0.05) is 32.1 Å². The number of alkyl halides is 3. The van der Waals surface area contributed by atoms with Gasteiger partial charge in [0.2, 0.25) is 5.91 Å². The van der Waals surface area contributed by atoms with Crippen LogP contribution in [0.4, 0.5) is 13.2 Å². The first kappa shape index (κ1) is 30.0. The first-order valence-electron chi connectivity index (χ1n) is 13.9. The fraction of sp³-hybridized carbons (Fsp3) is 0.433. The summed E-state index contributed by atoms with van der Waals surface area (Å²) in [6.07, 6.45) is -1.91. The molecule has 41 heavy (non-hydrogen) atoms. The predicted molar refractivity (Wildman–Crippen MR) is 150 cm³/mol. The standard InChI is InChI=1S/C28H29F3N4O4.C2H6/c1-2-38-22-10-8-17-12-18(22)15-35-25(36)13-19(33-27(35)32)6-4-3-5-16-7-9-23-20(11-16)21(34-26(17)37)14-24(39-23)28(29,30)31;1-2/h3,5,7-12,19,21,24H,2,4,6,13-15H2,1H3,(H2,32,33)(H,34,37);1-2H3/b5-3-;. The maximum atomic E-state index is 13.7. The summed E-state index contributed by atoms with van der Waals surface area (Å²) in [6.45, 7) is 6.20. The lowest BCUT2D eigenvalue weighted by Gasteiger charge is -2.34. The van der Waals surface area contributed by atoms with E-state index in [0.29, 0.717) is 36.3 Å². The molecule has 8 nitrogen and oxygen atoms in total. The molecule has 0 spiro atoms. The van der Waals surface area contributed by atoms with Gasteiger partial charge in [-0.2, -0.15) is 13.2 Å². The van der Waals surface area contributed by atoms with Crippen molar-refractivity contribution in [1.82, 2.24) is 10.2 Å². The van der Waals surface area contributed by atoms with Gasteiger partial charge in [0.1, 0.15) is 11.5 Å². The molecule has 11 heteroatoms. The largest absolute Gasteiger partial charge is 0.494 e. The summed E-state index contributed by atoms with van der Waals surface area (Å²) < 4.78 is 52.0. The Morgan fingerprint density at radius 1 is 1.17 bits per heavy atom. The van der Waals surface area contributed by atoms with Crippen molar-refractivity contribution in [3.05, 3.63) is 64.7 Å². The Kier molecular flexibility index (Phi) is 9.25. The average molecular weight is 573 g/mol. The van der Waals surface area contributed by atoms with Gasteiger partial charge in [0.25, 0.3) is 5.91 Å². The summed E-state index contributed by atoms with van der Waals surface area (Å²) in [5, 5.41) is 2.77. The molecule has 4 aliphatic rings. The summed E-state index contributed by atoms with van der Waals surface area (Å²) in [7, 11) is 0. The molecular formula is C30H35F3N4O4. The number of benzene rings is 2. The molecule has 2 aromatic rings. The fourth-order valence-electron chi connectivity index (χ4n) is 5.07. The van der Waals surface area contributed by atoms with Crippen LogP contribution in [0.1, 0.15) is 79.5 Å². The van der Waals surface area contributed by atoms with Crippen molar-refractivity contribution in [2.75, 3.05) is 6.61 Å². The number of nitrogens with one attached hydrogen (secondary N) is 1. The van der Waals surface area contributed by atoms with Gasteiger partial charge in [0.15, 0.2) is 12.1 Å². The van der Waals surface area contributed by atoms with Crippen molar-refractivity contribution in [1.29, 1.82) is 0 Å². The van der Waals surface area contributed by atoms with Crippen LogP contribution in [0.2, 0.25) is 0 Å². The van der Waals surface area contributed by atoms with E-state index < -0.39 is 30.7 Å².